The second kappa shape index (κ2) is 10.8. The molecule has 0 heterocycles. The highest BCUT2D eigenvalue weighted by Gasteiger charge is 1.95. The highest BCUT2D eigenvalue weighted by Crippen LogP contribution is 2.15. The maximum absolute atomic E-state index is 4.14. The number of unbranched alkanes of at least 4 members (excludes halogenated alkanes) is 6. The number of rotatable bonds is 10. The molecule has 0 atom stereocenters. The Labute approximate surface area is 90.8 Å². The molecule has 0 saturated heterocycles. The van der Waals surface area contributed by atoms with Crippen molar-refractivity contribution in [2.45, 2.75) is 78.1 Å². The van der Waals surface area contributed by atoms with E-state index in [4.69, 9.17) is 0 Å². The maximum atomic E-state index is 4.14. The van der Waals surface area contributed by atoms with Crippen LogP contribution in [0.2, 0.25) is 0 Å². The molecule has 14 heavy (non-hydrogen) atoms. The van der Waals surface area contributed by atoms with Crippen molar-refractivity contribution in [2.75, 3.05) is 0 Å². The van der Waals surface area contributed by atoms with Crippen LogP contribution in [0.4, 0.5) is 0 Å². The molecule has 0 heteroatoms. The molecule has 0 amide bonds. The van der Waals surface area contributed by atoms with Gasteiger partial charge in [-0.05, 0) is 25.7 Å². The van der Waals surface area contributed by atoms with E-state index in [2.05, 4.69) is 20.4 Å². The van der Waals surface area contributed by atoms with Crippen LogP contribution < -0.4 is 0 Å². The molecule has 0 aliphatic carbocycles. The lowest BCUT2D eigenvalue weighted by atomic mass is 10.0. The molecule has 0 fully saturated rings. The molecule has 0 saturated carbocycles. The summed E-state index contributed by atoms with van der Waals surface area (Å²) in [6, 6.07) is 0. The van der Waals surface area contributed by atoms with E-state index in [1.54, 1.807) is 0 Å². The molecule has 0 nitrogen and oxygen atoms in total. The van der Waals surface area contributed by atoms with E-state index >= 15 is 0 Å². The van der Waals surface area contributed by atoms with Gasteiger partial charge in [0.05, 0.1) is 0 Å². The summed E-state index contributed by atoms with van der Waals surface area (Å²) in [6.45, 7) is 8.67. The van der Waals surface area contributed by atoms with Gasteiger partial charge >= 0.3 is 0 Å². The third-order valence-corrected chi connectivity index (χ3v) is 2.77. The van der Waals surface area contributed by atoms with E-state index in [1.165, 1.54) is 69.8 Å². The van der Waals surface area contributed by atoms with E-state index in [0.717, 1.165) is 0 Å². The Morgan fingerprint density at radius 3 is 1.71 bits per heavy atom. The molecule has 0 bridgehead atoms. The smallest absolute Gasteiger partial charge is 0.0323 e. The van der Waals surface area contributed by atoms with Gasteiger partial charge in [0.25, 0.3) is 0 Å². The van der Waals surface area contributed by atoms with Crippen molar-refractivity contribution < 1.29 is 0 Å². The molecule has 0 aliphatic rings. The van der Waals surface area contributed by atoms with Crippen molar-refractivity contribution in [2.24, 2.45) is 0 Å². The highest BCUT2D eigenvalue weighted by molar-refractivity contribution is 4.93. The summed E-state index contributed by atoms with van der Waals surface area (Å²) >= 11 is 0. The van der Waals surface area contributed by atoms with Gasteiger partial charge in [0.1, 0.15) is 0 Å². The maximum Gasteiger partial charge on any atom is -0.0323 e. The van der Waals surface area contributed by atoms with Gasteiger partial charge in [0.15, 0.2) is 0 Å². The fourth-order valence-electron chi connectivity index (χ4n) is 1.73. The first kappa shape index (κ1) is 13.7. The van der Waals surface area contributed by atoms with Gasteiger partial charge < -0.3 is 0 Å². The first-order chi connectivity index (χ1) is 6.81. The Kier molecular flexibility index (Phi) is 10.6. The van der Waals surface area contributed by atoms with Crippen LogP contribution in [0, 0.1) is 0 Å². The SMILES string of the molecule is C=C(CCCCC)CCCCCCC. The number of hydrogen-bond donors (Lipinski definition) is 0. The average Bonchev–Trinajstić information content (AvgIpc) is 2.18. The second-order valence-corrected chi connectivity index (χ2v) is 4.37. The molecule has 0 radical (unpaired) electrons. The van der Waals surface area contributed by atoms with Crippen LogP contribution >= 0.6 is 0 Å². The molecule has 0 N–H and O–H groups in total. The van der Waals surface area contributed by atoms with Crippen LogP contribution in [0.25, 0.3) is 0 Å². The molecule has 0 aromatic carbocycles. The van der Waals surface area contributed by atoms with E-state index in [1.807, 2.05) is 0 Å². The zero-order valence-electron chi connectivity index (χ0n) is 10.3. The molecule has 0 aromatic heterocycles. The third-order valence-electron chi connectivity index (χ3n) is 2.77. The quantitative estimate of drug-likeness (QED) is 0.320. The van der Waals surface area contributed by atoms with Crippen molar-refractivity contribution in [3.8, 4) is 0 Å². The summed E-state index contributed by atoms with van der Waals surface area (Å²) < 4.78 is 0. The van der Waals surface area contributed by atoms with E-state index in [9.17, 15) is 0 Å². The van der Waals surface area contributed by atoms with Gasteiger partial charge in [-0.1, -0.05) is 64.5 Å². The topological polar surface area (TPSA) is 0 Å². The van der Waals surface area contributed by atoms with Crippen LogP contribution in [0.15, 0.2) is 12.2 Å². The average molecular weight is 196 g/mol. The Morgan fingerprint density at radius 1 is 0.714 bits per heavy atom. The summed E-state index contributed by atoms with van der Waals surface area (Å²) in [5.74, 6) is 0. The summed E-state index contributed by atoms with van der Waals surface area (Å²) in [4.78, 5) is 0. The normalized spacial score (nSPS) is 10.4. The predicted molar refractivity (Wildman–Crippen MR) is 66.7 cm³/mol. The van der Waals surface area contributed by atoms with Crippen LogP contribution in [0.3, 0.4) is 0 Å². The molecule has 0 aromatic rings. The summed E-state index contributed by atoms with van der Waals surface area (Å²) in [5, 5.41) is 0. The number of hydrogen-bond acceptors (Lipinski definition) is 0. The molecular formula is C14H28. The van der Waals surface area contributed by atoms with Gasteiger partial charge in [-0.3, -0.25) is 0 Å². The summed E-state index contributed by atoms with van der Waals surface area (Å²) in [7, 11) is 0. The lowest BCUT2D eigenvalue weighted by molar-refractivity contribution is 0.616. The fraction of sp³-hybridized carbons (Fsp3) is 0.857. The van der Waals surface area contributed by atoms with Crippen LogP contribution in [-0.4, -0.2) is 0 Å². The zero-order chi connectivity index (χ0) is 10.6. The first-order valence-corrected chi connectivity index (χ1v) is 6.47. The van der Waals surface area contributed by atoms with Crippen LogP contribution in [0.5, 0.6) is 0 Å². The Morgan fingerprint density at radius 2 is 1.14 bits per heavy atom. The van der Waals surface area contributed by atoms with Crippen molar-refractivity contribution in [1.29, 1.82) is 0 Å². The highest BCUT2D eigenvalue weighted by atomic mass is 14.0. The van der Waals surface area contributed by atoms with Crippen LogP contribution in [-0.2, 0) is 0 Å². The van der Waals surface area contributed by atoms with Crippen molar-refractivity contribution >= 4 is 0 Å². The molecule has 0 spiro atoms. The lowest BCUT2D eigenvalue weighted by Gasteiger charge is -2.04. The predicted octanol–water partition coefficient (Wildman–Crippen LogP) is 5.48. The minimum Gasteiger partial charge on any atom is -0.0999 e. The monoisotopic (exact) mass is 196 g/mol. The minimum atomic E-state index is 1.27. The van der Waals surface area contributed by atoms with E-state index < -0.39 is 0 Å². The zero-order valence-corrected chi connectivity index (χ0v) is 10.3. The van der Waals surface area contributed by atoms with Crippen molar-refractivity contribution in [1.82, 2.24) is 0 Å². The van der Waals surface area contributed by atoms with E-state index in [0.29, 0.717) is 0 Å². The van der Waals surface area contributed by atoms with E-state index in [-0.39, 0.29) is 0 Å². The largest absolute Gasteiger partial charge is 0.0999 e. The first-order valence-electron chi connectivity index (χ1n) is 6.47. The van der Waals surface area contributed by atoms with Gasteiger partial charge in [0, 0.05) is 0 Å². The Hall–Kier alpha value is -0.260. The third kappa shape index (κ3) is 9.83. The van der Waals surface area contributed by atoms with Gasteiger partial charge in [0.2, 0.25) is 0 Å². The molecular weight excluding hydrogens is 168 g/mol. The van der Waals surface area contributed by atoms with Crippen molar-refractivity contribution in [3.05, 3.63) is 12.2 Å². The van der Waals surface area contributed by atoms with Gasteiger partial charge in [-0.15, -0.1) is 0 Å². The molecule has 0 rings (SSSR count). The number of allylic oxidation sites excluding steroid dienone is 1. The summed E-state index contributed by atoms with van der Waals surface area (Å²) in [5.41, 5.74) is 1.48. The minimum absolute atomic E-state index is 1.27. The van der Waals surface area contributed by atoms with Gasteiger partial charge in [-0.2, -0.15) is 0 Å². The van der Waals surface area contributed by atoms with Crippen LogP contribution in [0.1, 0.15) is 78.1 Å². The molecule has 84 valence electrons. The Balaban J connectivity index is 3.10. The van der Waals surface area contributed by atoms with Gasteiger partial charge in [-0.25, -0.2) is 0 Å². The lowest BCUT2D eigenvalue weighted by Crippen LogP contribution is -1.84. The fourth-order valence-corrected chi connectivity index (χ4v) is 1.73. The standard InChI is InChI=1S/C14H28/c1-4-6-8-9-11-13-14(3)12-10-7-5-2/h3-13H2,1-2H3. The van der Waals surface area contributed by atoms with Crippen molar-refractivity contribution in [3.63, 3.8) is 0 Å². The Bertz CT molecular complexity index is 124. The second-order valence-electron chi connectivity index (χ2n) is 4.37. The molecule has 0 aliphatic heterocycles. The molecule has 0 unspecified atom stereocenters. The summed E-state index contributed by atoms with van der Waals surface area (Å²) in [6.07, 6.45) is 13.5.